The Morgan fingerprint density at radius 3 is 2.58 bits per heavy atom. The Kier molecular flexibility index (Phi) is 6.19. The number of piperidine rings is 1. The van der Waals surface area contributed by atoms with Crippen LogP contribution in [0.15, 0.2) is 48.0 Å². The molecule has 0 amide bonds. The molecule has 0 unspecified atom stereocenters. The highest BCUT2D eigenvalue weighted by atomic mass is 16.5. The summed E-state index contributed by atoms with van der Waals surface area (Å²) in [5.74, 6) is 0.843. The van der Waals surface area contributed by atoms with Crippen LogP contribution in [0.4, 0.5) is 0 Å². The van der Waals surface area contributed by atoms with Gasteiger partial charge in [-0.15, -0.1) is 0 Å². The number of carbonyl (C=O) groups is 1. The zero-order chi connectivity index (χ0) is 22.0. The van der Waals surface area contributed by atoms with Crippen molar-refractivity contribution in [1.82, 2.24) is 4.90 Å². The summed E-state index contributed by atoms with van der Waals surface area (Å²) in [7, 11) is 1.47. The zero-order valence-corrected chi connectivity index (χ0v) is 19.2. The Morgan fingerprint density at radius 1 is 1.10 bits per heavy atom. The average Bonchev–Trinajstić information content (AvgIpc) is 2.94. The third-order valence-corrected chi connectivity index (χ3v) is 6.67. The number of rotatable bonds is 4. The second kappa shape index (κ2) is 8.88. The number of hydrogen-bond donors (Lipinski definition) is 0. The molecule has 0 spiro atoms. The maximum atomic E-state index is 12.0. The number of ether oxygens (including phenoxy) is 2. The molecule has 2 heterocycles. The van der Waals surface area contributed by atoms with Gasteiger partial charge >= 0.3 is 5.97 Å². The van der Waals surface area contributed by atoms with Crippen LogP contribution in [0, 0.1) is 12.3 Å². The van der Waals surface area contributed by atoms with Crippen molar-refractivity contribution in [3.05, 3.63) is 70.3 Å². The first-order valence-electron chi connectivity index (χ1n) is 11.2. The van der Waals surface area contributed by atoms with E-state index in [0.717, 1.165) is 44.6 Å². The second-order valence-corrected chi connectivity index (χ2v) is 9.39. The lowest BCUT2D eigenvalue weighted by Gasteiger charge is -2.32. The van der Waals surface area contributed by atoms with E-state index in [9.17, 15) is 4.79 Å². The standard InChI is InChI=1S/C27H33NO3/c1-19-9-10-22-21(17-19)18-31-24-8-6-5-7-23(24)25(22)20-11-14-28(15-12-20)16-13-27(2,3)26(29)30-4/h5-10,17H,11-16,18H2,1-4H3. The summed E-state index contributed by atoms with van der Waals surface area (Å²) in [6.45, 7) is 9.63. The smallest absolute Gasteiger partial charge is 0.311 e. The van der Waals surface area contributed by atoms with Crippen molar-refractivity contribution in [3.63, 3.8) is 0 Å². The highest BCUT2D eigenvalue weighted by molar-refractivity contribution is 5.87. The number of para-hydroxylation sites is 1. The molecule has 0 atom stereocenters. The van der Waals surface area contributed by atoms with Crippen molar-refractivity contribution in [2.45, 2.75) is 46.6 Å². The number of carbonyl (C=O) groups excluding carboxylic acids is 1. The van der Waals surface area contributed by atoms with E-state index in [4.69, 9.17) is 9.47 Å². The molecule has 4 rings (SSSR count). The van der Waals surface area contributed by atoms with Crippen LogP contribution in [0.25, 0.3) is 5.57 Å². The van der Waals surface area contributed by atoms with Crippen LogP contribution in [-0.2, 0) is 16.1 Å². The lowest BCUT2D eigenvalue weighted by Crippen LogP contribution is -2.36. The largest absolute Gasteiger partial charge is 0.488 e. The van der Waals surface area contributed by atoms with Crippen LogP contribution in [0.2, 0.25) is 0 Å². The Bertz CT molecular complexity index is 995. The Labute approximate surface area is 185 Å². The van der Waals surface area contributed by atoms with Gasteiger partial charge in [0, 0.05) is 18.7 Å². The van der Waals surface area contributed by atoms with E-state index in [1.54, 1.807) is 0 Å². The summed E-state index contributed by atoms with van der Waals surface area (Å²) in [4.78, 5) is 14.5. The minimum absolute atomic E-state index is 0.130. The van der Waals surface area contributed by atoms with Crippen LogP contribution in [0.3, 0.4) is 0 Å². The van der Waals surface area contributed by atoms with Gasteiger partial charge in [0.25, 0.3) is 0 Å². The third-order valence-electron chi connectivity index (χ3n) is 6.67. The molecule has 4 heteroatoms. The average molecular weight is 420 g/mol. The van der Waals surface area contributed by atoms with Gasteiger partial charge < -0.3 is 14.4 Å². The second-order valence-electron chi connectivity index (χ2n) is 9.39. The molecule has 0 radical (unpaired) electrons. The summed E-state index contributed by atoms with van der Waals surface area (Å²) >= 11 is 0. The van der Waals surface area contributed by atoms with E-state index in [2.05, 4.69) is 48.2 Å². The number of aryl methyl sites for hydroxylation is 1. The quantitative estimate of drug-likeness (QED) is 0.624. The molecule has 2 aliphatic rings. The lowest BCUT2D eigenvalue weighted by atomic mass is 9.85. The van der Waals surface area contributed by atoms with Crippen LogP contribution < -0.4 is 4.74 Å². The molecular weight excluding hydrogens is 386 g/mol. The number of esters is 1. The van der Waals surface area contributed by atoms with Crippen molar-refractivity contribution < 1.29 is 14.3 Å². The summed E-state index contributed by atoms with van der Waals surface area (Å²) in [6.07, 6.45) is 2.88. The molecule has 1 saturated heterocycles. The predicted octanol–water partition coefficient (Wildman–Crippen LogP) is 5.37. The molecular formula is C27H33NO3. The number of nitrogens with zero attached hydrogens (tertiary/aromatic N) is 1. The monoisotopic (exact) mass is 419 g/mol. The summed E-state index contributed by atoms with van der Waals surface area (Å²) in [5, 5.41) is 0. The van der Waals surface area contributed by atoms with Gasteiger partial charge in [-0.2, -0.15) is 0 Å². The molecule has 1 fully saturated rings. The maximum Gasteiger partial charge on any atom is 0.311 e. The lowest BCUT2D eigenvalue weighted by molar-refractivity contribution is -0.151. The van der Waals surface area contributed by atoms with Crippen LogP contribution >= 0.6 is 0 Å². The Balaban J connectivity index is 1.58. The van der Waals surface area contributed by atoms with E-state index in [1.807, 2.05) is 19.9 Å². The van der Waals surface area contributed by atoms with Gasteiger partial charge in [0.05, 0.1) is 12.5 Å². The van der Waals surface area contributed by atoms with Gasteiger partial charge in [0.15, 0.2) is 0 Å². The van der Waals surface area contributed by atoms with Crippen LogP contribution in [0.1, 0.15) is 55.4 Å². The molecule has 2 aromatic carbocycles. The number of fused-ring (bicyclic) bond motifs is 2. The number of methoxy groups -OCH3 is 1. The zero-order valence-electron chi connectivity index (χ0n) is 19.2. The first kappa shape index (κ1) is 21.6. The van der Waals surface area contributed by atoms with Crippen LogP contribution in [0.5, 0.6) is 5.75 Å². The van der Waals surface area contributed by atoms with Crippen molar-refractivity contribution in [2.75, 3.05) is 26.7 Å². The highest BCUT2D eigenvalue weighted by Gasteiger charge is 2.30. The molecule has 0 bridgehead atoms. The minimum atomic E-state index is -0.443. The number of likely N-dealkylation sites (tertiary alicyclic amines) is 1. The van der Waals surface area contributed by atoms with E-state index >= 15 is 0 Å². The fourth-order valence-electron chi connectivity index (χ4n) is 4.68. The molecule has 4 nitrogen and oxygen atoms in total. The first-order valence-corrected chi connectivity index (χ1v) is 11.2. The first-order chi connectivity index (χ1) is 14.9. The summed E-state index contributed by atoms with van der Waals surface area (Å²) in [5.41, 5.74) is 7.47. The fourth-order valence-corrected chi connectivity index (χ4v) is 4.68. The number of hydrogen-bond acceptors (Lipinski definition) is 4. The van der Waals surface area contributed by atoms with Crippen molar-refractivity contribution in [2.24, 2.45) is 5.41 Å². The molecule has 31 heavy (non-hydrogen) atoms. The van der Waals surface area contributed by atoms with E-state index in [1.165, 1.54) is 40.5 Å². The molecule has 0 N–H and O–H groups in total. The SMILES string of the molecule is COC(=O)C(C)(C)CCN1CCC(=C2c3ccc(C)cc3COc3ccccc32)CC1. The normalized spacial score (nSPS) is 16.8. The van der Waals surface area contributed by atoms with Crippen molar-refractivity contribution in [1.29, 1.82) is 0 Å². The van der Waals surface area contributed by atoms with Gasteiger partial charge in [-0.3, -0.25) is 4.79 Å². The Hall–Kier alpha value is -2.59. The van der Waals surface area contributed by atoms with Crippen molar-refractivity contribution >= 4 is 11.5 Å². The molecule has 2 aliphatic heterocycles. The van der Waals surface area contributed by atoms with Gasteiger partial charge in [-0.25, -0.2) is 0 Å². The highest BCUT2D eigenvalue weighted by Crippen LogP contribution is 2.41. The van der Waals surface area contributed by atoms with Gasteiger partial charge in [-0.05, 0) is 69.3 Å². The molecule has 2 aromatic rings. The third kappa shape index (κ3) is 4.54. The topological polar surface area (TPSA) is 38.8 Å². The fraction of sp³-hybridized carbons (Fsp3) is 0.444. The van der Waals surface area contributed by atoms with Gasteiger partial charge in [0.1, 0.15) is 12.4 Å². The van der Waals surface area contributed by atoms with E-state index < -0.39 is 5.41 Å². The predicted molar refractivity (Wildman–Crippen MR) is 124 cm³/mol. The van der Waals surface area contributed by atoms with Crippen molar-refractivity contribution in [3.8, 4) is 5.75 Å². The number of benzene rings is 2. The van der Waals surface area contributed by atoms with E-state index in [0.29, 0.717) is 6.61 Å². The van der Waals surface area contributed by atoms with E-state index in [-0.39, 0.29) is 5.97 Å². The molecule has 164 valence electrons. The minimum Gasteiger partial charge on any atom is -0.488 e. The maximum absolute atomic E-state index is 12.0. The van der Waals surface area contributed by atoms with Crippen LogP contribution in [-0.4, -0.2) is 37.6 Å². The van der Waals surface area contributed by atoms with Gasteiger partial charge in [-0.1, -0.05) is 47.5 Å². The molecule has 0 aliphatic carbocycles. The summed E-state index contributed by atoms with van der Waals surface area (Å²) < 4.78 is 11.2. The summed E-state index contributed by atoms with van der Waals surface area (Å²) in [6, 6.07) is 15.2. The molecule has 0 aromatic heterocycles. The molecule has 0 saturated carbocycles. The Morgan fingerprint density at radius 2 is 1.84 bits per heavy atom. The van der Waals surface area contributed by atoms with Gasteiger partial charge in [0.2, 0.25) is 0 Å².